The first-order valence-electron chi connectivity index (χ1n) is 6.49. The van der Waals surface area contributed by atoms with Crippen molar-refractivity contribution in [3.8, 4) is 0 Å². The van der Waals surface area contributed by atoms with Gasteiger partial charge < -0.3 is 5.32 Å². The Kier molecular flexibility index (Phi) is 4.67. The minimum absolute atomic E-state index is 0.0386. The number of carbonyl (C=O) groups excluding carboxylic acids is 1. The predicted octanol–water partition coefficient (Wildman–Crippen LogP) is 2.62. The number of nitrogens with zero attached hydrogens (tertiary/aromatic N) is 1. The van der Waals surface area contributed by atoms with E-state index < -0.39 is 0 Å². The highest BCUT2D eigenvalue weighted by Crippen LogP contribution is 2.09. The van der Waals surface area contributed by atoms with E-state index in [1.807, 2.05) is 36.7 Å². The van der Waals surface area contributed by atoms with E-state index in [0.29, 0.717) is 5.56 Å². The maximum Gasteiger partial charge on any atom is 0.251 e. The molecule has 0 aliphatic carbocycles. The molecule has 0 saturated heterocycles. The third kappa shape index (κ3) is 3.91. The van der Waals surface area contributed by atoms with E-state index in [-0.39, 0.29) is 5.91 Å². The van der Waals surface area contributed by atoms with Crippen LogP contribution in [0, 0.1) is 0 Å². The molecular weight excluding hydrogens is 236 g/mol. The Morgan fingerprint density at radius 1 is 1.00 bits per heavy atom. The quantitative estimate of drug-likeness (QED) is 0.891. The van der Waals surface area contributed by atoms with Crippen molar-refractivity contribution in [1.29, 1.82) is 0 Å². The zero-order valence-electron chi connectivity index (χ0n) is 11.1. The first-order valence-corrected chi connectivity index (χ1v) is 6.49. The molecular formula is C16H18N2O. The van der Waals surface area contributed by atoms with Crippen LogP contribution in [-0.4, -0.2) is 17.9 Å². The van der Waals surface area contributed by atoms with Gasteiger partial charge in [-0.05, 0) is 54.7 Å². The van der Waals surface area contributed by atoms with Crippen LogP contribution in [0.5, 0.6) is 0 Å². The molecule has 1 aromatic carbocycles. The van der Waals surface area contributed by atoms with Crippen molar-refractivity contribution in [3.63, 3.8) is 0 Å². The van der Waals surface area contributed by atoms with Crippen molar-refractivity contribution in [2.24, 2.45) is 0 Å². The molecule has 1 N–H and O–H groups in total. The number of rotatable bonds is 5. The number of benzene rings is 1. The van der Waals surface area contributed by atoms with E-state index in [1.165, 1.54) is 11.1 Å². The van der Waals surface area contributed by atoms with Crippen LogP contribution >= 0.6 is 0 Å². The van der Waals surface area contributed by atoms with Gasteiger partial charge >= 0.3 is 0 Å². The highest BCUT2D eigenvalue weighted by Gasteiger charge is 2.02. The largest absolute Gasteiger partial charge is 0.355 e. The summed E-state index contributed by atoms with van der Waals surface area (Å²) in [4.78, 5) is 15.4. The first kappa shape index (κ1) is 13.3. The molecule has 0 spiro atoms. The fourth-order valence-electron chi connectivity index (χ4n) is 2.01. The maximum absolute atomic E-state index is 11.4. The van der Waals surface area contributed by atoms with Gasteiger partial charge in [-0.15, -0.1) is 0 Å². The van der Waals surface area contributed by atoms with Crippen molar-refractivity contribution < 1.29 is 4.79 Å². The third-order valence-electron chi connectivity index (χ3n) is 3.12. The lowest BCUT2D eigenvalue weighted by Crippen LogP contribution is -2.17. The van der Waals surface area contributed by atoms with Gasteiger partial charge in [0.15, 0.2) is 0 Å². The molecule has 0 bridgehead atoms. The van der Waals surface area contributed by atoms with Gasteiger partial charge in [0.25, 0.3) is 5.91 Å². The van der Waals surface area contributed by atoms with Gasteiger partial charge in [-0.2, -0.15) is 0 Å². The average Bonchev–Trinajstić information content (AvgIpc) is 2.48. The van der Waals surface area contributed by atoms with Gasteiger partial charge in [0, 0.05) is 25.0 Å². The number of nitrogens with one attached hydrogen (secondary N) is 1. The normalized spacial score (nSPS) is 10.2. The van der Waals surface area contributed by atoms with Gasteiger partial charge in [0.2, 0.25) is 0 Å². The number of hydrogen-bond donors (Lipinski definition) is 1. The van der Waals surface area contributed by atoms with E-state index in [9.17, 15) is 4.79 Å². The lowest BCUT2D eigenvalue weighted by Gasteiger charge is -2.04. The van der Waals surface area contributed by atoms with Gasteiger partial charge in [0.1, 0.15) is 0 Å². The molecule has 19 heavy (non-hydrogen) atoms. The van der Waals surface area contributed by atoms with Crippen LogP contribution in [0.2, 0.25) is 0 Å². The van der Waals surface area contributed by atoms with Crippen molar-refractivity contribution in [2.45, 2.75) is 19.3 Å². The van der Waals surface area contributed by atoms with Crippen molar-refractivity contribution in [3.05, 3.63) is 65.5 Å². The van der Waals surface area contributed by atoms with Crippen molar-refractivity contribution >= 4 is 5.91 Å². The smallest absolute Gasteiger partial charge is 0.251 e. The second kappa shape index (κ2) is 6.69. The molecule has 0 aliphatic rings. The van der Waals surface area contributed by atoms with Gasteiger partial charge in [-0.25, -0.2) is 0 Å². The van der Waals surface area contributed by atoms with E-state index >= 15 is 0 Å². The second-order valence-electron chi connectivity index (χ2n) is 4.49. The summed E-state index contributed by atoms with van der Waals surface area (Å²) in [6, 6.07) is 11.9. The molecule has 1 heterocycles. The van der Waals surface area contributed by atoms with Crippen LogP contribution in [0.25, 0.3) is 0 Å². The second-order valence-corrected chi connectivity index (χ2v) is 4.49. The van der Waals surface area contributed by atoms with Gasteiger partial charge in [0.05, 0.1) is 0 Å². The van der Waals surface area contributed by atoms with E-state index in [1.54, 1.807) is 7.05 Å². The summed E-state index contributed by atoms with van der Waals surface area (Å²) < 4.78 is 0. The van der Waals surface area contributed by atoms with E-state index in [0.717, 1.165) is 19.3 Å². The van der Waals surface area contributed by atoms with Crippen LogP contribution < -0.4 is 5.32 Å². The molecule has 0 fully saturated rings. The summed E-state index contributed by atoms with van der Waals surface area (Å²) in [5.41, 5.74) is 3.29. The molecule has 0 radical (unpaired) electrons. The molecule has 0 unspecified atom stereocenters. The van der Waals surface area contributed by atoms with Crippen LogP contribution in [0.15, 0.2) is 48.8 Å². The number of aryl methyl sites for hydroxylation is 2. The number of carbonyl (C=O) groups is 1. The summed E-state index contributed by atoms with van der Waals surface area (Å²) in [5.74, 6) is -0.0386. The number of amides is 1. The van der Waals surface area contributed by atoms with Crippen LogP contribution in [0.4, 0.5) is 0 Å². The molecule has 0 aliphatic heterocycles. The van der Waals surface area contributed by atoms with Gasteiger partial charge in [-0.3, -0.25) is 9.78 Å². The standard InChI is InChI=1S/C16H18N2O/c1-17-16(19)15-7-5-13(6-8-15)3-2-4-14-9-11-18-12-10-14/h5-12H,2-4H2,1H3,(H,17,19). The van der Waals surface area contributed by atoms with E-state index in [4.69, 9.17) is 0 Å². The molecule has 1 amide bonds. The van der Waals surface area contributed by atoms with Gasteiger partial charge in [-0.1, -0.05) is 12.1 Å². The fraction of sp³-hybridized carbons (Fsp3) is 0.250. The Balaban J connectivity index is 1.85. The molecule has 3 heteroatoms. The summed E-state index contributed by atoms with van der Waals surface area (Å²) in [5, 5.41) is 2.62. The summed E-state index contributed by atoms with van der Waals surface area (Å²) in [7, 11) is 1.64. The molecule has 2 rings (SSSR count). The molecule has 3 nitrogen and oxygen atoms in total. The molecule has 2 aromatic rings. The van der Waals surface area contributed by atoms with E-state index in [2.05, 4.69) is 22.4 Å². The Bertz CT molecular complexity index is 520. The molecule has 0 saturated carbocycles. The van der Waals surface area contributed by atoms with Crippen LogP contribution in [0.1, 0.15) is 27.9 Å². The lowest BCUT2D eigenvalue weighted by atomic mass is 10.0. The topological polar surface area (TPSA) is 42.0 Å². The fourth-order valence-corrected chi connectivity index (χ4v) is 2.01. The van der Waals surface area contributed by atoms with Crippen LogP contribution in [-0.2, 0) is 12.8 Å². The zero-order chi connectivity index (χ0) is 13.5. The minimum Gasteiger partial charge on any atom is -0.355 e. The predicted molar refractivity (Wildman–Crippen MR) is 76.1 cm³/mol. The van der Waals surface area contributed by atoms with Crippen molar-refractivity contribution in [2.75, 3.05) is 7.05 Å². The number of hydrogen-bond acceptors (Lipinski definition) is 2. The average molecular weight is 254 g/mol. The zero-order valence-corrected chi connectivity index (χ0v) is 11.1. The Hall–Kier alpha value is -2.16. The Labute approximate surface area is 113 Å². The molecule has 0 atom stereocenters. The monoisotopic (exact) mass is 254 g/mol. The lowest BCUT2D eigenvalue weighted by molar-refractivity contribution is 0.0963. The molecule has 98 valence electrons. The maximum atomic E-state index is 11.4. The molecule has 1 aromatic heterocycles. The highest BCUT2D eigenvalue weighted by molar-refractivity contribution is 5.93. The minimum atomic E-state index is -0.0386. The number of pyridine rings is 1. The Morgan fingerprint density at radius 3 is 2.16 bits per heavy atom. The summed E-state index contributed by atoms with van der Waals surface area (Å²) in [6.45, 7) is 0. The summed E-state index contributed by atoms with van der Waals surface area (Å²) >= 11 is 0. The Morgan fingerprint density at radius 2 is 1.58 bits per heavy atom. The first-order chi connectivity index (χ1) is 9.29. The number of aromatic nitrogens is 1. The van der Waals surface area contributed by atoms with Crippen LogP contribution in [0.3, 0.4) is 0 Å². The van der Waals surface area contributed by atoms with Crippen molar-refractivity contribution in [1.82, 2.24) is 10.3 Å². The highest BCUT2D eigenvalue weighted by atomic mass is 16.1. The summed E-state index contributed by atoms with van der Waals surface area (Å²) in [6.07, 6.45) is 6.83. The third-order valence-corrected chi connectivity index (χ3v) is 3.12. The SMILES string of the molecule is CNC(=O)c1ccc(CCCc2ccncc2)cc1.